The molecule has 1 aromatic heterocycles. The zero-order valence-electron chi connectivity index (χ0n) is 10.9. The highest BCUT2D eigenvalue weighted by atomic mass is 16.4. The van der Waals surface area contributed by atoms with E-state index in [-0.39, 0.29) is 6.42 Å². The third-order valence-corrected chi connectivity index (χ3v) is 3.49. The largest absolute Gasteiger partial charge is 0.481 e. The van der Waals surface area contributed by atoms with Crippen molar-refractivity contribution in [1.82, 2.24) is 4.57 Å². The number of carboxylic acids is 1. The van der Waals surface area contributed by atoms with Gasteiger partial charge in [-0.05, 0) is 30.4 Å². The van der Waals surface area contributed by atoms with Crippen LogP contribution in [0.5, 0.6) is 0 Å². The van der Waals surface area contributed by atoms with Crippen molar-refractivity contribution in [2.24, 2.45) is 7.05 Å². The molecule has 1 heterocycles. The number of aromatic nitrogens is 1. The van der Waals surface area contributed by atoms with Gasteiger partial charge in [-0.3, -0.25) is 4.79 Å². The molecule has 1 aromatic carbocycles. The van der Waals surface area contributed by atoms with Crippen molar-refractivity contribution in [2.75, 3.05) is 0 Å². The summed E-state index contributed by atoms with van der Waals surface area (Å²) in [6.07, 6.45) is 4.07. The number of aryl methyl sites for hydroxylation is 1. The van der Waals surface area contributed by atoms with Crippen LogP contribution in [0.25, 0.3) is 10.9 Å². The number of hydrogen-bond donors (Lipinski definition) is 1. The molecule has 1 atom stereocenters. The fourth-order valence-corrected chi connectivity index (χ4v) is 2.48. The molecule has 0 radical (unpaired) electrons. The van der Waals surface area contributed by atoms with Gasteiger partial charge in [-0.25, -0.2) is 0 Å². The van der Waals surface area contributed by atoms with Crippen molar-refractivity contribution in [3.05, 3.63) is 36.0 Å². The standard InChI is InChI=1S/C15H19NO2/c1-11(6-5-9-15(17)18)13-10-16(2)14-8-4-3-7-12(13)14/h3-4,7-8,10-11H,5-6,9H2,1-2H3,(H,17,18). The van der Waals surface area contributed by atoms with E-state index in [1.165, 1.54) is 16.5 Å². The van der Waals surface area contributed by atoms with Gasteiger partial charge in [0, 0.05) is 30.6 Å². The smallest absolute Gasteiger partial charge is 0.303 e. The maximum Gasteiger partial charge on any atom is 0.303 e. The molecule has 0 amide bonds. The number of fused-ring (bicyclic) bond motifs is 1. The second-order valence-corrected chi connectivity index (χ2v) is 4.90. The van der Waals surface area contributed by atoms with E-state index in [2.05, 4.69) is 42.9 Å². The summed E-state index contributed by atoms with van der Waals surface area (Å²) in [5.41, 5.74) is 2.55. The Labute approximate surface area is 107 Å². The average Bonchev–Trinajstić information content (AvgIpc) is 2.67. The van der Waals surface area contributed by atoms with Gasteiger partial charge < -0.3 is 9.67 Å². The molecule has 0 saturated heterocycles. The Morgan fingerprint density at radius 3 is 2.83 bits per heavy atom. The number of carbonyl (C=O) groups is 1. The Morgan fingerprint density at radius 1 is 1.39 bits per heavy atom. The first-order valence-corrected chi connectivity index (χ1v) is 6.35. The summed E-state index contributed by atoms with van der Waals surface area (Å²) in [7, 11) is 2.05. The molecule has 0 aliphatic heterocycles. The molecule has 0 fully saturated rings. The molecule has 0 aliphatic carbocycles. The minimum atomic E-state index is -0.708. The third kappa shape index (κ3) is 2.55. The number of benzene rings is 1. The van der Waals surface area contributed by atoms with Gasteiger partial charge in [0.2, 0.25) is 0 Å². The van der Waals surface area contributed by atoms with Gasteiger partial charge in [-0.2, -0.15) is 0 Å². The van der Waals surface area contributed by atoms with Gasteiger partial charge in [0.25, 0.3) is 0 Å². The predicted molar refractivity (Wildman–Crippen MR) is 72.8 cm³/mol. The summed E-state index contributed by atoms with van der Waals surface area (Å²) in [5.74, 6) is -0.310. The second-order valence-electron chi connectivity index (χ2n) is 4.90. The first-order chi connectivity index (χ1) is 8.59. The molecule has 0 aliphatic rings. The van der Waals surface area contributed by atoms with Crippen LogP contribution in [0.1, 0.15) is 37.7 Å². The molecule has 0 spiro atoms. The number of nitrogens with zero attached hydrogens (tertiary/aromatic N) is 1. The quantitative estimate of drug-likeness (QED) is 0.875. The van der Waals surface area contributed by atoms with Crippen LogP contribution in [0, 0.1) is 0 Å². The first-order valence-electron chi connectivity index (χ1n) is 6.35. The first kappa shape index (κ1) is 12.7. The van der Waals surface area contributed by atoms with E-state index >= 15 is 0 Å². The van der Waals surface area contributed by atoms with Gasteiger partial charge in [0.15, 0.2) is 0 Å². The van der Waals surface area contributed by atoms with Crippen molar-refractivity contribution >= 4 is 16.9 Å². The maximum absolute atomic E-state index is 10.5. The monoisotopic (exact) mass is 245 g/mol. The number of carboxylic acid groups (broad SMARTS) is 1. The average molecular weight is 245 g/mol. The van der Waals surface area contributed by atoms with Gasteiger partial charge in [0.1, 0.15) is 0 Å². The van der Waals surface area contributed by atoms with Crippen LogP contribution in [0.3, 0.4) is 0 Å². The number of para-hydroxylation sites is 1. The Morgan fingerprint density at radius 2 is 2.11 bits per heavy atom. The van der Waals surface area contributed by atoms with E-state index in [9.17, 15) is 4.79 Å². The number of aliphatic carboxylic acids is 1. The highest BCUT2D eigenvalue weighted by Gasteiger charge is 2.12. The molecule has 2 aromatic rings. The predicted octanol–water partition coefficient (Wildman–Crippen LogP) is 3.54. The van der Waals surface area contributed by atoms with Crippen LogP contribution in [0.2, 0.25) is 0 Å². The summed E-state index contributed by atoms with van der Waals surface area (Å²) in [4.78, 5) is 10.5. The zero-order valence-corrected chi connectivity index (χ0v) is 10.9. The highest BCUT2D eigenvalue weighted by molar-refractivity contribution is 5.84. The SMILES string of the molecule is CC(CCCC(=O)O)c1cn(C)c2ccccc12. The van der Waals surface area contributed by atoms with Gasteiger partial charge in [-0.15, -0.1) is 0 Å². The van der Waals surface area contributed by atoms with Crippen molar-refractivity contribution < 1.29 is 9.90 Å². The maximum atomic E-state index is 10.5. The van der Waals surface area contributed by atoms with Crippen LogP contribution in [-0.4, -0.2) is 15.6 Å². The molecular weight excluding hydrogens is 226 g/mol. The molecule has 1 unspecified atom stereocenters. The Hall–Kier alpha value is -1.77. The normalized spacial score (nSPS) is 12.8. The number of rotatable bonds is 5. The minimum Gasteiger partial charge on any atom is -0.481 e. The van der Waals surface area contributed by atoms with Gasteiger partial charge >= 0.3 is 5.97 Å². The van der Waals surface area contributed by atoms with Crippen molar-refractivity contribution in [3.63, 3.8) is 0 Å². The Bertz CT molecular complexity index is 557. The van der Waals surface area contributed by atoms with Crippen molar-refractivity contribution in [3.8, 4) is 0 Å². The Balaban J connectivity index is 2.17. The topological polar surface area (TPSA) is 42.2 Å². The fraction of sp³-hybridized carbons (Fsp3) is 0.400. The molecule has 3 heteroatoms. The van der Waals surface area contributed by atoms with Gasteiger partial charge in [-0.1, -0.05) is 25.1 Å². The molecule has 0 saturated carbocycles. The third-order valence-electron chi connectivity index (χ3n) is 3.49. The van der Waals surface area contributed by atoms with Crippen LogP contribution in [-0.2, 0) is 11.8 Å². The lowest BCUT2D eigenvalue weighted by Crippen LogP contribution is -1.98. The lowest BCUT2D eigenvalue weighted by atomic mass is 9.95. The summed E-state index contributed by atoms with van der Waals surface area (Å²) in [5, 5.41) is 9.95. The van der Waals surface area contributed by atoms with E-state index < -0.39 is 5.97 Å². The minimum absolute atomic E-state index is 0.259. The summed E-state index contributed by atoms with van der Waals surface area (Å²) in [6, 6.07) is 8.35. The molecule has 2 rings (SSSR count). The summed E-state index contributed by atoms with van der Waals surface area (Å²) < 4.78 is 2.14. The molecule has 0 bridgehead atoms. The van der Waals surface area contributed by atoms with E-state index in [1.807, 2.05) is 6.07 Å². The zero-order chi connectivity index (χ0) is 13.1. The number of hydrogen-bond acceptors (Lipinski definition) is 1. The van der Waals surface area contributed by atoms with E-state index in [0.29, 0.717) is 5.92 Å². The van der Waals surface area contributed by atoms with Crippen LogP contribution >= 0.6 is 0 Å². The van der Waals surface area contributed by atoms with E-state index in [4.69, 9.17) is 5.11 Å². The molecular formula is C15H19NO2. The molecule has 1 N–H and O–H groups in total. The summed E-state index contributed by atoms with van der Waals surface area (Å²) in [6.45, 7) is 2.17. The highest BCUT2D eigenvalue weighted by Crippen LogP contribution is 2.29. The lowest BCUT2D eigenvalue weighted by molar-refractivity contribution is -0.137. The van der Waals surface area contributed by atoms with E-state index in [1.54, 1.807) is 0 Å². The molecule has 96 valence electrons. The van der Waals surface area contributed by atoms with Gasteiger partial charge in [0.05, 0.1) is 0 Å². The fourth-order valence-electron chi connectivity index (χ4n) is 2.48. The Kier molecular flexibility index (Phi) is 3.70. The van der Waals surface area contributed by atoms with Crippen LogP contribution in [0.4, 0.5) is 0 Å². The van der Waals surface area contributed by atoms with Crippen LogP contribution in [0.15, 0.2) is 30.5 Å². The molecule has 18 heavy (non-hydrogen) atoms. The molecule has 3 nitrogen and oxygen atoms in total. The summed E-state index contributed by atoms with van der Waals surface area (Å²) >= 11 is 0. The van der Waals surface area contributed by atoms with Crippen molar-refractivity contribution in [1.29, 1.82) is 0 Å². The van der Waals surface area contributed by atoms with Crippen molar-refractivity contribution in [2.45, 2.75) is 32.1 Å². The van der Waals surface area contributed by atoms with E-state index in [0.717, 1.165) is 12.8 Å². The second kappa shape index (κ2) is 5.25. The van der Waals surface area contributed by atoms with Crippen LogP contribution < -0.4 is 0 Å². The lowest BCUT2D eigenvalue weighted by Gasteiger charge is -2.09.